The molecule has 0 aliphatic carbocycles. The smallest absolute Gasteiger partial charge is 0.329 e. The molecule has 0 amide bonds. The van der Waals surface area contributed by atoms with E-state index in [1.807, 2.05) is 0 Å². The monoisotopic (exact) mass is 166 g/mol. The average molecular weight is 166 g/mol. The Morgan fingerprint density at radius 1 is 1.67 bits per heavy atom. The van der Waals surface area contributed by atoms with Crippen LogP contribution in [0, 0.1) is 0 Å². The molecule has 12 heavy (non-hydrogen) atoms. The first-order valence-electron chi connectivity index (χ1n) is 3.58. The number of rotatable bonds is 2. The van der Waals surface area contributed by atoms with Gasteiger partial charge in [-0.1, -0.05) is 6.07 Å². The van der Waals surface area contributed by atoms with Crippen LogP contribution in [-0.2, 0) is 4.79 Å². The number of carbonyl (C=O) groups excluding carboxylic acids is 1. The van der Waals surface area contributed by atoms with E-state index in [-0.39, 0.29) is 5.88 Å². The van der Waals surface area contributed by atoms with Gasteiger partial charge in [0.15, 0.2) is 0 Å². The van der Waals surface area contributed by atoms with Crippen molar-refractivity contribution in [3.8, 4) is 5.88 Å². The molecule has 1 heterocycles. The van der Waals surface area contributed by atoms with Gasteiger partial charge in [-0.15, -0.1) is 0 Å². The molecule has 1 aromatic heterocycles. The van der Waals surface area contributed by atoms with E-state index in [0.29, 0.717) is 0 Å². The maximum atomic E-state index is 10.9. The maximum absolute atomic E-state index is 10.9. The summed E-state index contributed by atoms with van der Waals surface area (Å²) in [5, 5.41) is 0. The predicted octanol–water partition coefficient (Wildman–Crippen LogP) is 0.334. The predicted molar refractivity (Wildman–Crippen MR) is 43.5 cm³/mol. The van der Waals surface area contributed by atoms with Crippen LogP contribution in [-0.4, -0.2) is 17.0 Å². The van der Waals surface area contributed by atoms with Crippen molar-refractivity contribution in [2.45, 2.75) is 13.0 Å². The van der Waals surface area contributed by atoms with Crippen LogP contribution < -0.4 is 10.5 Å². The maximum Gasteiger partial charge on any atom is 0.329 e. The molecular formula is C8H10N2O2. The van der Waals surface area contributed by atoms with E-state index in [4.69, 9.17) is 10.5 Å². The second-order valence-electron chi connectivity index (χ2n) is 2.38. The van der Waals surface area contributed by atoms with Crippen LogP contribution in [0.25, 0.3) is 0 Å². The summed E-state index contributed by atoms with van der Waals surface area (Å²) >= 11 is 0. The third-order valence-electron chi connectivity index (χ3n) is 1.21. The third kappa shape index (κ3) is 2.32. The first-order valence-corrected chi connectivity index (χ1v) is 3.58. The summed E-state index contributed by atoms with van der Waals surface area (Å²) in [6, 6.07) is 4.45. The number of nitrogens with two attached hydrogens (primary N) is 1. The van der Waals surface area contributed by atoms with Gasteiger partial charge in [-0.25, -0.2) is 9.78 Å². The first kappa shape index (κ1) is 8.67. The highest BCUT2D eigenvalue weighted by Crippen LogP contribution is 2.03. The topological polar surface area (TPSA) is 65.2 Å². The van der Waals surface area contributed by atoms with Gasteiger partial charge < -0.3 is 10.5 Å². The van der Waals surface area contributed by atoms with Crippen molar-refractivity contribution in [3.05, 3.63) is 24.4 Å². The molecular weight excluding hydrogens is 156 g/mol. The molecule has 0 fully saturated rings. The lowest BCUT2D eigenvalue weighted by Gasteiger charge is -2.04. The standard InChI is InChI=1S/C8H10N2O2/c1-6(9)8(11)12-7-4-2-3-5-10-7/h2-6H,9H2,1H3. The van der Waals surface area contributed by atoms with Gasteiger partial charge in [0, 0.05) is 12.3 Å². The molecule has 0 aliphatic rings. The zero-order chi connectivity index (χ0) is 8.97. The van der Waals surface area contributed by atoms with E-state index in [0.717, 1.165) is 0 Å². The molecule has 0 bridgehead atoms. The molecule has 0 saturated heterocycles. The minimum atomic E-state index is -0.619. The number of aromatic nitrogens is 1. The molecule has 0 aromatic carbocycles. The number of hydrogen-bond acceptors (Lipinski definition) is 4. The quantitative estimate of drug-likeness (QED) is 0.643. The van der Waals surface area contributed by atoms with Gasteiger partial charge in [-0.2, -0.15) is 0 Å². The van der Waals surface area contributed by atoms with E-state index in [1.165, 1.54) is 0 Å². The van der Waals surface area contributed by atoms with Gasteiger partial charge in [-0.05, 0) is 13.0 Å². The van der Waals surface area contributed by atoms with E-state index in [9.17, 15) is 4.79 Å². The van der Waals surface area contributed by atoms with Crippen LogP contribution >= 0.6 is 0 Å². The molecule has 2 N–H and O–H groups in total. The van der Waals surface area contributed by atoms with Crippen LogP contribution in [0.3, 0.4) is 0 Å². The third-order valence-corrected chi connectivity index (χ3v) is 1.21. The minimum absolute atomic E-state index is 0.278. The Bertz CT molecular complexity index is 259. The molecule has 1 aromatic rings. The van der Waals surface area contributed by atoms with Gasteiger partial charge in [0.2, 0.25) is 5.88 Å². The first-order chi connectivity index (χ1) is 5.70. The van der Waals surface area contributed by atoms with Gasteiger partial charge in [0.25, 0.3) is 0 Å². The SMILES string of the molecule is CC(N)C(=O)Oc1ccccn1. The Morgan fingerprint density at radius 2 is 2.42 bits per heavy atom. The highest BCUT2D eigenvalue weighted by Gasteiger charge is 2.09. The van der Waals surface area contributed by atoms with Gasteiger partial charge in [0.05, 0.1) is 0 Å². The molecule has 0 radical (unpaired) electrons. The fourth-order valence-corrected chi connectivity index (χ4v) is 0.603. The summed E-state index contributed by atoms with van der Waals surface area (Å²) in [5.74, 6) is -0.200. The number of nitrogens with zero attached hydrogens (tertiary/aromatic N) is 1. The Kier molecular flexibility index (Phi) is 2.76. The lowest BCUT2D eigenvalue weighted by atomic mass is 10.4. The summed E-state index contributed by atoms with van der Waals surface area (Å²) in [6.45, 7) is 1.56. The van der Waals surface area contributed by atoms with Crippen molar-refractivity contribution in [2.24, 2.45) is 5.73 Å². The van der Waals surface area contributed by atoms with Crippen molar-refractivity contribution < 1.29 is 9.53 Å². The van der Waals surface area contributed by atoms with Crippen LogP contribution in [0.15, 0.2) is 24.4 Å². The average Bonchev–Trinajstić information content (AvgIpc) is 2.06. The second kappa shape index (κ2) is 3.82. The van der Waals surface area contributed by atoms with Crippen LogP contribution in [0.5, 0.6) is 5.88 Å². The number of carbonyl (C=O) groups is 1. The molecule has 64 valence electrons. The molecule has 4 nitrogen and oxygen atoms in total. The summed E-state index contributed by atoms with van der Waals surface area (Å²) < 4.78 is 4.80. The molecule has 1 atom stereocenters. The second-order valence-corrected chi connectivity index (χ2v) is 2.38. The van der Waals surface area contributed by atoms with Gasteiger partial charge in [-0.3, -0.25) is 0 Å². The van der Waals surface area contributed by atoms with Crippen LogP contribution in [0.4, 0.5) is 0 Å². The fourth-order valence-electron chi connectivity index (χ4n) is 0.603. The van der Waals surface area contributed by atoms with Gasteiger partial charge >= 0.3 is 5.97 Å². The summed E-state index contributed by atoms with van der Waals surface area (Å²) in [6.07, 6.45) is 1.55. The highest BCUT2D eigenvalue weighted by atomic mass is 16.5. The van der Waals surface area contributed by atoms with Crippen molar-refractivity contribution in [2.75, 3.05) is 0 Å². The zero-order valence-corrected chi connectivity index (χ0v) is 6.73. The number of hydrogen-bond donors (Lipinski definition) is 1. The minimum Gasteiger partial charge on any atom is -0.406 e. The molecule has 1 rings (SSSR count). The number of pyridine rings is 1. The summed E-state index contributed by atoms with van der Waals surface area (Å²) in [7, 11) is 0. The van der Waals surface area contributed by atoms with Gasteiger partial charge in [0.1, 0.15) is 6.04 Å². The Balaban J connectivity index is 2.59. The highest BCUT2D eigenvalue weighted by molar-refractivity contribution is 5.77. The number of ether oxygens (including phenoxy) is 1. The lowest BCUT2D eigenvalue weighted by molar-refractivity contribution is -0.135. The Morgan fingerprint density at radius 3 is 2.92 bits per heavy atom. The summed E-state index contributed by atoms with van der Waals surface area (Å²) in [4.78, 5) is 14.7. The molecule has 0 aliphatic heterocycles. The van der Waals surface area contributed by atoms with Crippen molar-refractivity contribution in [3.63, 3.8) is 0 Å². The van der Waals surface area contributed by atoms with E-state index >= 15 is 0 Å². The van der Waals surface area contributed by atoms with E-state index in [1.54, 1.807) is 31.3 Å². The Labute approximate surface area is 70.4 Å². The molecule has 0 saturated carbocycles. The van der Waals surface area contributed by atoms with E-state index in [2.05, 4.69) is 4.98 Å². The van der Waals surface area contributed by atoms with Crippen molar-refractivity contribution in [1.29, 1.82) is 0 Å². The van der Waals surface area contributed by atoms with Crippen molar-refractivity contribution >= 4 is 5.97 Å². The zero-order valence-electron chi connectivity index (χ0n) is 6.73. The Hall–Kier alpha value is -1.42. The molecule has 0 spiro atoms. The normalized spacial score (nSPS) is 12.2. The number of esters is 1. The largest absolute Gasteiger partial charge is 0.406 e. The van der Waals surface area contributed by atoms with E-state index < -0.39 is 12.0 Å². The lowest BCUT2D eigenvalue weighted by Crippen LogP contribution is -2.31. The summed E-state index contributed by atoms with van der Waals surface area (Å²) in [5.41, 5.74) is 5.28. The van der Waals surface area contributed by atoms with Crippen LogP contribution in [0.1, 0.15) is 6.92 Å². The molecule has 4 heteroatoms. The van der Waals surface area contributed by atoms with Crippen molar-refractivity contribution in [1.82, 2.24) is 4.98 Å². The van der Waals surface area contributed by atoms with Crippen LogP contribution in [0.2, 0.25) is 0 Å². The fraction of sp³-hybridized carbons (Fsp3) is 0.250. The molecule has 1 unspecified atom stereocenters.